The third-order valence-corrected chi connectivity index (χ3v) is 4.80. The highest BCUT2D eigenvalue weighted by molar-refractivity contribution is 6.31. The number of nitrogens with one attached hydrogen (secondary N) is 1. The zero-order valence-corrected chi connectivity index (χ0v) is 15.0. The Kier molecular flexibility index (Phi) is 4.55. The van der Waals surface area contributed by atoms with Gasteiger partial charge >= 0.3 is 5.69 Å². The summed E-state index contributed by atoms with van der Waals surface area (Å²) in [6, 6.07) is 6.88. The summed E-state index contributed by atoms with van der Waals surface area (Å²) in [7, 11) is 0. The predicted octanol–water partition coefficient (Wildman–Crippen LogP) is 2.60. The number of amides is 1. The molecule has 7 nitrogen and oxygen atoms in total. The van der Waals surface area contributed by atoms with Gasteiger partial charge in [-0.25, -0.2) is 9.48 Å². The van der Waals surface area contributed by atoms with Crippen molar-refractivity contribution in [3.05, 3.63) is 51.4 Å². The molecule has 1 aliphatic heterocycles. The molecule has 0 fully saturated rings. The van der Waals surface area contributed by atoms with Gasteiger partial charge in [-0.2, -0.15) is 5.10 Å². The average molecular weight is 375 g/mol. The molecule has 2 aromatic heterocycles. The summed E-state index contributed by atoms with van der Waals surface area (Å²) in [6.45, 7) is 1.67. The summed E-state index contributed by atoms with van der Waals surface area (Å²) in [5, 5.41) is 8.58. The number of rotatable bonds is 5. The van der Waals surface area contributed by atoms with Gasteiger partial charge in [0, 0.05) is 36.5 Å². The van der Waals surface area contributed by atoms with Crippen LogP contribution in [0.15, 0.2) is 33.5 Å². The second-order valence-corrected chi connectivity index (χ2v) is 6.87. The van der Waals surface area contributed by atoms with Crippen molar-refractivity contribution in [1.82, 2.24) is 19.7 Å². The molecule has 1 N–H and O–H groups in total. The van der Waals surface area contributed by atoms with E-state index in [1.807, 2.05) is 0 Å². The van der Waals surface area contributed by atoms with Crippen LogP contribution >= 0.6 is 11.6 Å². The lowest BCUT2D eigenvalue weighted by Gasteiger charge is -2.09. The molecular weight excluding hydrogens is 356 g/mol. The molecule has 0 saturated carbocycles. The number of benzene rings is 1. The Morgan fingerprint density at radius 2 is 2.19 bits per heavy atom. The molecule has 8 heteroatoms. The molecule has 3 heterocycles. The van der Waals surface area contributed by atoms with E-state index in [1.54, 1.807) is 28.8 Å². The molecule has 136 valence electrons. The van der Waals surface area contributed by atoms with E-state index in [1.165, 1.54) is 4.68 Å². The number of aromatic nitrogens is 3. The molecule has 0 radical (unpaired) electrons. The van der Waals surface area contributed by atoms with Gasteiger partial charge in [0.05, 0.1) is 0 Å². The summed E-state index contributed by atoms with van der Waals surface area (Å²) >= 11 is 5.94. The van der Waals surface area contributed by atoms with Gasteiger partial charge in [-0.15, -0.1) is 0 Å². The molecule has 0 saturated heterocycles. The van der Waals surface area contributed by atoms with Crippen molar-refractivity contribution in [1.29, 1.82) is 0 Å². The van der Waals surface area contributed by atoms with E-state index >= 15 is 0 Å². The van der Waals surface area contributed by atoms with Crippen molar-refractivity contribution in [2.24, 2.45) is 0 Å². The van der Waals surface area contributed by atoms with Gasteiger partial charge in [-0.1, -0.05) is 11.6 Å². The molecule has 0 spiro atoms. The number of hydrogen-bond acceptors (Lipinski definition) is 4. The third-order valence-electron chi connectivity index (χ3n) is 4.57. The minimum atomic E-state index is -0.284. The Balaban J connectivity index is 1.33. The summed E-state index contributed by atoms with van der Waals surface area (Å²) in [5.74, 6) is 0.830. The van der Waals surface area contributed by atoms with Crippen LogP contribution in [0.5, 0.6) is 0 Å². The molecular formula is C18H19ClN4O3. The molecule has 1 amide bonds. The first-order valence-electron chi connectivity index (χ1n) is 8.75. The van der Waals surface area contributed by atoms with E-state index in [4.69, 9.17) is 16.0 Å². The fourth-order valence-electron chi connectivity index (χ4n) is 3.24. The first-order valence-corrected chi connectivity index (χ1v) is 9.13. The van der Waals surface area contributed by atoms with Crippen molar-refractivity contribution in [2.75, 3.05) is 6.54 Å². The minimum absolute atomic E-state index is 0.0554. The zero-order chi connectivity index (χ0) is 18.1. The first kappa shape index (κ1) is 16.9. The highest BCUT2D eigenvalue weighted by Gasteiger charge is 2.16. The number of fused-ring (bicyclic) bond motifs is 2. The van der Waals surface area contributed by atoms with E-state index in [0.717, 1.165) is 37.0 Å². The predicted molar refractivity (Wildman–Crippen MR) is 97.6 cm³/mol. The maximum absolute atomic E-state index is 12.2. The van der Waals surface area contributed by atoms with Crippen LogP contribution in [0.25, 0.3) is 11.0 Å². The van der Waals surface area contributed by atoms with Crippen LogP contribution in [0.3, 0.4) is 0 Å². The van der Waals surface area contributed by atoms with Crippen LogP contribution in [0.4, 0.5) is 0 Å². The maximum atomic E-state index is 12.2. The van der Waals surface area contributed by atoms with E-state index < -0.39 is 0 Å². The van der Waals surface area contributed by atoms with Crippen LogP contribution < -0.4 is 11.0 Å². The number of nitrogens with zero attached hydrogens (tertiary/aromatic N) is 3. The van der Waals surface area contributed by atoms with E-state index in [2.05, 4.69) is 10.4 Å². The molecule has 26 heavy (non-hydrogen) atoms. The van der Waals surface area contributed by atoms with Gasteiger partial charge in [0.1, 0.15) is 11.4 Å². The van der Waals surface area contributed by atoms with Crippen molar-refractivity contribution in [3.63, 3.8) is 0 Å². The van der Waals surface area contributed by atoms with Gasteiger partial charge < -0.3 is 9.73 Å². The molecule has 4 rings (SSSR count). The van der Waals surface area contributed by atoms with Gasteiger partial charge in [0.15, 0.2) is 5.76 Å². The smallest absolute Gasteiger partial charge is 0.345 e. The molecule has 0 atom stereocenters. The second kappa shape index (κ2) is 6.99. The van der Waals surface area contributed by atoms with E-state index in [0.29, 0.717) is 30.1 Å². The quantitative estimate of drug-likeness (QED) is 0.696. The lowest BCUT2D eigenvalue weighted by molar-refractivity contribution is 0.0927. The number of halogens is 1. The van der Waals surface area contributed by atoms with Crippen LogP contribution in [-0.2, 0) is 19.5 Å². The van der Waals surface area contributed by atoms with Crippen LogP contribution in [0.1, 0.15) is 35.6 Å². The van der Waals surface area contributed by atoms with Crippen molar-refractivity contribution in [3.8, 4) is 0 Å². The Bertz CT molecular complexity index is 1020. The molecule has 1 aliphatic rings. The number of hydrogen-bond donors (Lipinski definition) is 1. The summed E-state index contributed by atoms with van der Waals surface area (Å²) in [6.07, 6.45) is 3.58. The summed E-state index contributed by atoms with van der Waals surface area (Å²) in [4.78, 5) is 24.5. The molecule has 0 unspecified atom stereocenters. The zero-order valence-electron chi connectivity index (χ0n) is 14.2. The lowest BCUT2D eigenvalue weighted by Crippen LogP contribution is -2.29. The Hall–Kier alpha value is -2.54. The number of aryl methyl sites for hydroxylation is 2. The Morgan fingerprint density at radius 3 is 3.04 bits per heavy atom. The number of furan rings is 1. The van der Waals surface area contributed by atoms with Gasteiger partial charge in [0.2, 0.25) is 0 Å². The van der Waals surface area contributed by atoms with Crippen LogP contribution in [-0.4, -0.2) is 26.8 Å². The highest BCUT2D eigenvalue weighted by atomic mass is 35.5. The third kappa shape index (κ3) is 3.26. The SMILES string of the molecule is O=C(NCCCn1nc2n(c1=O)CCCC2)c1cc2cc(Cl)ccc2o1. The Morgan fingerprint density at radius 1 is 1.31 bits per heavy atom. The normalized spacial score (nSPS) is 13.7. The summed E-state index contributed by atoms with van der Waals surface area (Å²) in [5.41, 5.74) is 0.565. The van der Waals surface area contributed by atoms with Gasteiger partial charge in [-0.05, 0) is 43.5 Å². The van der Waals surface area contributed by atoms with Crippen LogP contribution in [0, 0.1) is 0 Å². The average Bonchev–Trinajstić information content (AvgIpc) is 3.20. The van der Waals surface area contributed by atoms with Gasteiger partial charge in [-0.3, -0.25) is 9.36 Å². The Labute approximate surface area is 154 Å². The second-order valence-electron chi connectivity index (χ2n) is 6.43. The fourth-order valence-corrected chi connectivity index (χ4v) is 3.42. The number of carbonyl (C=O) groups is 1. The van der Waals surface area contributed by atoms with Crippen LogP contribution in [0.2, 0.25) is 5.02 Å². The van der Waals surface area contributed by atoms with Crippen molar-refractivity contribution in [2.45, 2.75) is 38.8 Å². The largest absolute Gasteiger partial charge is 0.451 e. The van der Waals surface area contributed by atoms with E-state index in [-0.39, 0.29) is 17.4 Å². The number of carbonyl (C=O) groups excluding carboxylic acids is 1. The molecule has 3 aromatic rings. The summed E-state index contributed by atoms with van der Waals surface area (Å²) < 4.78 is 8.78. The minimum Gasteiger partial charge on any atom is -0.451 e. The maximum Gasteiger partial charge on any atom is 0.345 e. The molecule has 0 aliphatic carbocycles. The lowest BCUT2D eigenvalue weighted by atomic mass is 10.2. The van der Waals surface area contributed by atoms with Crippen molar-refractivity contribution < 1.29 is 9.21 Å². The standard InChI is InChI=1S/C18H19ClN4O3/c19-13-5-6-14-12(10-13)11-15(26-14)17(24)20-7-3-9-23-18(25)22-8-2-1-4-16(22)21-23/h5-6,10-11H,1-4,7-9H2,(H,20,24). The van der Waals surface area contributed by atoms with Crippen molar-refractivity contribution >= 4 is 28.5 Å². The highest BCUT2D eigenvalue weighted by Crippen LogP contribution is 2.22. The van der Waals surface area contributed by atoms with Gasteiger partial charge in [0.25, 0.3) is 5.91 Å². The molecule has 0 bridgehead atoms. The molecule has 1 aromatic carbocycles. The first-order chi connectivity index (χ1) is 12.6. The topological polar surface area (TPSA) is 82.1 Å². The fraction of sp³-hybridized carbons (Fsp3) is 0.389. The monoisotopic (exact) mass is 374 g/mol. The van der Waals surface area contributed by atoms with E-state index in [9.17, 15) is 9.59 Å².